The number of carbonyl (C=O) groups excluding carboxylic acids is 2. The van der Waals surface area contributed by atoms with Crippen LogP contribution < -0.4 is 0 Å². The first-order valence-electron chi connectivity index (χ1n) is 19.4. The van der Waals surface area contributed by atoms with E-state index in [1.54, 1.807) is 0 Å². The van der Waals surface area contributed by atoms with Crippen molar-refractivity contribution in [3.63, 3.8) is 0 Å². The number of nitrogens with zero attached hydrogens (tertiary/aromatic N) is 1. The predicted octanol–water partition coefficient (Wildman–Crippen LogP) is 9.74. The average molecular weight is 681 g/mol. The van der Waals surface area contributed by atoms with Gasteiger partial charge in [0.15, 0.2) is 12.1 Å². The fourth-order valence-electron chi connectivity index (χ4n) is 5.49. The summed E-state index contributed by atoms with van der Waals surface area (Å²) in [4.78, 5) is 36.7. The van der Waals surface area contributed by atoms with E-state index in [1.807, 2.05) is 21.1 Å². The Balaban J connectivity index is 4.45. The zero-order chi connectivity index (χ0) is 35.7. The molecular formula is C40H74NO7+. The maximum atomic E-state index is 12.6. The van der Waals surface area contributed by atoms with Gasteiger partial charge in [-0.05, 0) is 64.2 Å². The SMILES string of the molecule is CCCCC/C=C\CCCCCCCC(=O)OCC(COCCC(C(=O)O)[N+](C)(C)C)OC(=O)CCCCCCC/C=C\CCCCC. The van der Waals surface area contributed by atoms with Crippen LogP contribution in [0.2, 0.25) is 0 Å². The van der Waals surface area contributed by atoms with Gasteiger partial charge >= 0.3 is 17.9 Å². The highest BCUT2D eigenvalue weighted by Crippen LogP contribution is 2.13. The molecule has 0 aromatic heterocycles. The van der Waals surface area contributed by atoms with Crippen LogP contribution in [0.15, 0.2) is 24.3 Å². The summed E-state index contributed by atoms with van der Waals surface area (Å²) in [6.07, 6.45) is 32.1. The van der Waals surface area contributed by atoms with E-state index in [9.17, 15) is 19.5 Å². The molecule has 0 aliphatic rings. The van der Waals surface area contributed by atoms with Crippen molar-refractivity contribution in [1.82, 2.24) is 0 Å². The molecule has 0 heterocycles. The molecule has 0 aromatic rings. The number of allylic oxidation sites excluding steroid dienone is 4. The molecule has 0 saturated carbocycles. The van der Waals surface area contributed by atoms with Crippen molar-refractivity contribution < 1.29 is 38.2 Å². The Labute approximate surface area is 294 Å². The smallest absolute Gasteiger partial charge is 0.362 e. The van der Waals surface area contributed by atoms with Crippen molar-refractivity contribution in [1.29, 1.82) is 0 Å². The Morgan fingerprint density at radius 1 is 0.604 bits per heavy atom. The number of unbranched alkanes of at least 4 members (excludes halogenated alkanes) is 16. The Bertz CT molecular complexity index is 849. The summed E-state index contributed by atoms with van der Waals surface area (Å²) in [5.41, 5.74) is 0. The zero-order valence-electron chi connectivity index (χ0n) is 31.7. The molecule has 2 atom stereocenters. The minimum atomic E-state index is -0.878. The second-order valence-electron chi connectivity index (χ2n) is 14.2. The molecule has 0 saturated heterocycles. The average Bonchev–Trinajstić information content (AvgIpc) is 3.03. The van der Waals surface area contributed by atoms with Crippen molar-refractivity contribution in [2.45, 2.75) is 174 Å². The van der Waals surface area contributed by atoms with Crippen molar-refractivity contribution >= 4 is 17.9 Å². The quantitative estimate of drug-likeness (QED) is 0.0313. The van der Waals surface area contributed by atoms with Crippen LogP contribution in [0.5, 0.6) is 0 Å². The third kappa shape index (κ3) is 29.9. The summed E-state index contributed by atoms with van der Waals surface area (Å²) in [6, 6.07) is -0.613. The van der Waals surface area contributed by atoms with E-state index in [2.05, 4.69) is 38.2 Å². The number of likely N-dealkylation sites (N-methyl/N-ethyl adjacent to an activating group) is 1. The largest absolute Gasteiger partial charge is 0.477 e. The summed E-state index contributed by atoms with van der Waals surface area (Å²) >= 11 is 0. The van der Waals surface area contributed by atoms with Crippen molar-refractivity contribution in [2.24, 2.45) is 0 Å². The lowest BCUT2D eigenvalue weighted by molar-refractivity contribution is -0.887. The third-order valence-electron chi connectivity index (χ3n) is 8.57. The van der Waals surface area contributed by atoms with Gasteiger partial charge in [0.2, 0.25) is 0 Å². The van der Waals surface area contributed by atoms with E-state index in [4.69, 9.17) is 14.2 Å². The number of carboxylic acids is 1. The van der Waals surface area contributed by atoms with E-state index in [0.29, 0.717) is 19.3 Å². The lowest BCUT2D eigenvalue weighted by atomic mass is 10.1. The fraction of sp³-hybridized carbons (Fsp3) is 0.825. The van der Waals surface area contributed by atoms with Gasteiger partial charge in [0.05, 0.1) is 34.4 Å². The van der Waals surface area contributed by atoms with Crippen LogP contribution in [0.25, 0.3) is 0 Å². The van der Waals surface area contributed by atoms with Gasteiger partial charge < -0.3 is 23.8 Å². The summed E-state index contributed by atoms with van der Waals surface area (Å²) in [5.74, 6) is -1.49. The van der Waals surface area contributed by atoms with Gasteiger partial charge in [-0.3, -0.25) is 9.59 Å². The number of ether oxygens (including phenoxy) is 3. The molecule has 0 spiro atoms. The number of hydrogen-bond acceptors (Lipinski definition) is 6. The van der Waals surface area contributed by atoms with E-state index in [1.165, 1.54) is 64.2 Å². The standard InChI is InChI=1S/C40H73NO7/c1-6-8-10-12-14-16-18-20-22-24-26-28-30-38(42)47-35-36(34-46-33-32-37(40(44)45)41(3,4)5)48-39(43)31-29-27-25-23-21-19-17-15-13-11-9-7-2/h14-17,36-37H,6-13,18-35H2,1-5H3/p+1/b16-14-,17-15-. The van der Waals surface area contributed by atoms with Gasteiger partial charge in [0, 0.05) is 19.3 Å². The summed E-state index contributed by atoms with van der Waals surface area (Å²) in [5, 5.41) is 9.57. The first-order chi connectivity index (χ1) is 23.1. The number of hydrogen-bond donors (Lipinski definition) is 1. The molecule has 0 aliphatic heterocycles. The highest BCUT2D eigenvalue weighted by Gasteiger charge is 2.31. The van der Waals surface area contributed by atoms with Crippen LogP contribution >= 0.6 is 0 Å². The van der Waals surface area contributed by atoms with Crippen LogP contribution in [-0.2, 0) is 28.6 Å². The van der Waals surface area contributed by atoms with Gasteiger partial charge in [-0.15, -0.1) is 0 Å². The first kappa shape index (κ1) is 45.8. The number of rotatable bonds is 34. The second kappa shape index (κ2) is 32.0. The van der Waals surface area contributed by atoms with Crippen molar-refractivity contribution in [2.75, 3.05) is 41.0 Å². The molecule has 0 bridgehead atoms. The Kier molecular flexibility index (Phi) is 30.6. The van der Waals surface area contributed by atoms with Gasteiger partial charge in [-0.2, -0.15) is 0 Å². The maximum Gasteiger partial charge on any atom is 0.362 e. The van der Waals surface area contributed by atoms with Crippen molar-refractivity contribution in [3.8, 4) is 0 Å². The molecule has 280 valence electrons. The lowest BCUT2D eigenvalue weighted by Gasteiger charge is -2.31. The van der Waals surface area contributed by atoms with E-state index in [0.717, 1.165) is 64.2 Å². The number of esters is 2. The maximum absolute atomic E-state index is 12.6. The number of carboxylic acid groups (broad SMARTS) is 1. The summed E-state index contributed by atoms with van der Waals surface area (Å²) in [7, 11) is 5.51. The monoisotopic (exact) mass is 681 g/mol. The van der Waals surface area contributed by atoms with Crippen LogP contribution in [0.3, 0.4) is 0 Å². The number of aliphatic carboxylic acids is 1. The number of carbonyl (C=O) groups is 3. The highest BCUT2D eigenvalue weighted by molar-refractivity contribution is 5.72. The molecule has 0 aliphatic carbocycles. The van der Waals surface area contributed by atoms with Gasteiger partial charge in [0.25, 0.3) is 0 Å². The molecule has 0 amide bonds. The predicted molar refractivity (Wildman–Crippen MR) is 197 cm³/mol. The van der Waals surface area contributed by atoms with E-state index in [-0.39, 0.29) is 36.2 Å². The molecule has 48 heavy (non-hydrogen) atoms. The zero-order valence-corrected chi connectivity index (χ0v) is 31.7. The third-order valence-corrected chi connectivity index (χ3v) is 8.57. The lowest BCUT2D eigenvalue weighted by Crippen LogP contribution is -2.50. The first-order valence-corrected chi connectivity index (χ1v) is 19.4. The second-order valence-corrected chi connectivity index (χ2v) is 14.2. The van der Waals surface area contributed by atoms with Crippen molar-refractivity contribution in [3.05, 3.63) is 24.3 Å². The Morgan fingerprint density at radius 3 is 1.50 bits per heavy atom. The molecule has 8 nitrogen and oxygen atoms in total. The Hall–Kier alpha value is -2.19. The minimum Gasteiger partial charge on any atom is -0.477 e. The Morgan fingerprint density at radius 2 is 1.04 bits per heavy atom. The van der Waals surface area contributed by atoms with Crippen LogP contribution in [0.1, 0.15) is 162 Å². The fourth-order valence-corrected chi connectivity index (χ4v) is 5.49. The highest BCUT2D eigenvalue weighted by atomic mass is 16.6. The number of quaternary nitrogens is 1. The minimum absolute atomic E-state index is 0.0567. The molecule has 2 unspecified atom stereocenters. The van der Waals surface area contributed by atoms with Gasteiger partial charge in [-0.25, -0.2) is 4.79 Å². The molecule has 0 fully saturated rings. The van der Waals surface area contributed by atoms with Crippen LogP contribution in [0.4, 0.5) is 0 Å². The van der Waals surface area contributed by atoms with E-state index < -0.39 is 18.1 Å². The molecule has 0 rings (SSSR count). The summed E-state index contributed by atoms with van der Waals surface area (Å²) < 4.78 is 17.2. The molecular weight excluding hydrogens is 606 g/mol. The van der Waals surface area contributed by atoms with Gasteiger partial charge in [0.1, 0.15) is 6.61 Å². The molecule has 1 N–H and O–H groups in total. The summed E-state index contributed by atoms with van der Waals surface area (Å²) in [6.45, 7) is 4.66. The van der Waals surface area contributed by atoms with Gasteiger partial charge in [-0.1, -0.05) is 102 Å². The molecule has 8 heteroatoms. The van der Waals surface area contributed by atoms with Crippen LogP contribution in [0, 0.1) is 0 Å². The molecule has 0 radical (unpaired) electrons. The normalized spacial score (nSPS) is 13.3. The molecule has 0 aromatic carbocycles. The van der Waals surface area contributed by atoms with Crippen LogP contribution in [-0.4, -0.2) is 80.6 Å². The topological polar surface area (TPSA) is 99.1 Å². The van der Waals surface area contributed by atoms with E-state index >= 15 is 0 Å².